The van der Waals surface area contributed by atoms with Gasteiger partial charge in [-0.2, -0.15) is 13.2 Å². The molecule has 2 aromatic rings. The number of alkyl halides is 5. The predicted octanol–water partition coefficient (Wildman–Crippen LogP) is 6.35. The highest BCUT2D eigenvalue weighted by Gasteiger charge is 2.39. The molecule has 0 aromatic carbocycles. The van der Waals surface area contributed by atoms with Crippen LogP contribution in [0.5, 0.6) is 0 Å². The topological polar surface area (TPSA) is 64.1 Å². The number of hydrogen-bond donors (Lipinski definition) is 1. The molecule has 1 N–H and O–H groups in total. The maximum atomic E-state index is 13.8. The summed E-state index contributed by atoms with van der Waals surface area (Å²) in [6.07, 6.45) is -7.27. The van der Waals surface area contributed by atoms with Crippen molar-refractivity contribution in [3.8, 4) is 11.3 Å². The molecule has 3 rings (SSSR count). The second-order valence-corrected chi connectivity index (χ2v) is 8.03. The predicted molar refractivity (Wildman–Crippen MR) is 113 cm³/mol. The monoisotopic (exact) mass is 475 g/mol. The van der Waals surface area contributed by atoms with Crippen molar-refractivity contribution in [1.29, 1.82) is 0 Å². The van der Waals surface area contributed by atoms with Gasteiger partial charge in [0, 0.05) is 22.9 Å². The lowest BCUT2D eigenvalue weighted by molar-refractivity contribution is -0.137. The molecule has 1 aliphatic heterocycles. The van der Waals surface area contributed by atoms with Crippen molar-refractivity contribution in [2.75, 3.05) is 11.5 Å². The SMILES string of the molecule is CCCC(CC)(CP)c1cc(C(F)(F)F)cc(-c2ccnc3c2C(C(F)F)OC(=O)N3)n1. The summed E-state index contributed by atoms with van der Waals surface area (Å²) in [7, 11) is 2.57. The van der Waals surface area contributed by atoms with Gasteiger partial charge in [-0.3, -0.25) is 10.3 Å². The van der Waals surface area contributed by atoms with Gasteiger partial charge in [-0.1, -0.05) is 20.3 Å². The van der Waals surface area contributed by atoms with E-state index in [4.69, 9.17) is 4.74 Å². The van der Waals surface area contributed by atoms with E-state index in [9.17, 15) is 26.7 Å². The molecule has 0 fully saturated rings. The van der Waals surface area contributed by atoms with Gasteiger partial charge in [0.15, 0.2) is 6.10 Å². The van der Waals surface area contributed by atoms with Gasteiger partial charge in [0.05, 0.1) is 16.8 Å². The van der Waals surface area contributed by atoms with Crippen LogP contribution in [0, 0.1) is 0 Å². The molecule has 0 saturated carbocycles. The summed E-state index contributed by atoms with van der Waals surface area (Å²) in [6.45, 7) is 3.82. The number of cyclic esters (lactones) is 1. The van der Waals surface area contributed by atoms with E-state index in [1.165, 1.54) is 12.3 Å². The zero-order valence-corrected chi connectivity index (χ0v) is 18.6. The van der Waals surface area contributed by atoms with Crippen LogP contribution in [-0.4, -0.2) is 28.6 Å². The molecule has 0 saturated heterocycles. The summed E-state index contributed by atoms with van der Waals surface area (Å²) in [4.78, 5) is 20.0. The van der Waals surface area contributed by atoms with Crippen LogP contribution in [0.3, 0.4) is 0 Å². The van der Waals surface area contributed by atoms with Crippen molar-refractivity contribution in [2.45, 2.75) is 57.2 Å². The molecular weight excluding hydrogens is 452 g/mol. The number of carbonyl (C=O) groups is 1. The Kier molecular flexibility index (Phi) is 7.03. The van der Waals surface area contributed by atoms with Gasteiger partial charge in [-0.25, -0.2) is 18.6 Å². The van der Waals surface area contributed by atoms with Crippen LogP contribution in [0.25, 0.3) is 11.3 Å². The summed E-state index contributed by atoms with van der Waals surface area (Å²) in [5.74, 6) is -0.189. The Morgan fingerprint density at radius 2 is 1.97 bits per heavy atom. The van der Waals surface area contributed by atoms with Crippen molar-refractivity contribution >= 4 is 21.2 Å². The Hall–Kier alpha value is -2.35. The van der Waals surface area contributed by atoms with Crippen LogP contribution in [0.4, 0.5) is 32.6 Å². The van der Waals surface area contributed by atoms with Crippen LogP contribution >= 0.6 is 9.24 Å². The third-order valence-electron chi connectivity index (χ3n) is 5.73. The summed E-state index contributed by atoms with van der Waals surface area (Å²) in [5, 5.41) is 2.23. The highest BCUT2D eigenvalue weighted by atomic mass is 31.0. The lowest BCUT2D eigenvalue weighted by atomic mass is 9.78. The Morgan fingerprint density at radius 1 is 1.25 bits per heavy atom. The number of rotatable bonds is 7. The molecule has 1 amide bonds. The molecule has 1 aliphatic rings. The van der Waals surface area contributed by atoms with Gasteiger partial charge in [0.25, 0.3) is 6.43 Å². The quantitative estimate of drug-likeness (QED) is 0.374. The fraction of sp³-hybridized carbons (Fsp3) is 0.476. The highest BCUT2D eigenvalue weighted by molar-refractivity contribution is 7.16. The Labute approximate surface area is 184 Å². The number of aromatic nitrogens is 2. The number of ether oxygens (including phenoxy) is 1. The van der Waals surface area contributed by atoms with Crippen molar-refractivity contribution in [2.24, 2.45) is 0 Å². The largest absolute Gasteiger partial charge is 0.435 e. The number of hydrogen-bond acceptors (Lipinski definition) is 4. The van der Waals surface area contributed by atoms with Crippen molar-refractivity contribution in [3.05, 3.63) is 41.2 Å². The molecule has 174 valence electrons. The Bertz CT molecular complexity index is 996. The molecule has 3 unspecified atom stereocenters. The van der Waals surface area contributed by atoms with Crippen LogP contribution < -0.4 is 5.32 Å². The molecule has 0 bridgehead atoms. The number of anilines is 1. The van der Waals surface area contributed by atoms with Crippen LogP contribution in [-0.2, 0) is 16.3 Å². The lowest BCUT2D eigenvalue weighted by Gasteiger charge is -2.32. The third-order valence-corrected chi connectivity index (χ3v) is 6.51. The molecule has 2 aromatic heterocycles. The van der Waals surface area contributed by atoms with E-state index in [0.29, 0.717) is 19.0 Å². The molecule has 11 heteroatoms. The molecule has 0 aliphatic carbocycles. The van der Waals surface area contributed by atoms with Crippen molar-refractivity contribution < 1.29 is 31.5 Å². The first-order valence-electron chi connectivity index (χ1n) is 10.1. The van der Waals surface area contributed by atoms with Gasteiger partial charge in [0.1, 0.15) is 5.82 Å². The minimum absolute atomic E-state index is 0.00194. The lowest BCUT2D eigenvalue weighted by Crippen LogP contribution is -2.30. The average Bonchev–Trinajstić information content (AvgIpc) is 2.75. The third kappa shape index (κ3) is 4.56. The summed E-state index contributed by atoms with van der Waals surface area (Å²) >= 11 is 0. The van der Waals surface area contributed by atoms with E-state index >= 15 is 0 Å². The van der Waals surface area contributed by atoms with Gasteiger partial charge in [0.2, 0.25) is 0 Å². The standard InChI is InChI=1S/C21H23F5N3O2P/c1-3-6-20(4-2,10-32)14-9-11(21(24,25)26)8-13(28-14)12-5-7-27-18-15(12)16(17(22)23)31-19(30)29-18/h5,7-9,16-17H,3-4,6,10,32H2,1-2H3,(H,27,29,30). The van der Waals surface area contributed by atoms with Gasteiger partial charge in [-0.05, 0) is 37.2 Å². The number of amides is 1. The smallest absolute Gasteiger partial charge is 0.416 e. The number of carbonyl (C=O) groups excluding carboxylic acids is 1. The first-order chi connectivity index (χ1) is 15.1. The van der Waals surface area contributed by atoms with Crippen LogP contribution in [0.15, 0.2) is 24.4 Å². The second-order valence-electron chi connectivity index (χ2n) is 7.62. The van der Waals surface area contributed by atoms with E-state index in [2.05, 4.69) is 24.5 Å². The van der Waals surface area contributed by atoms with E-state index < -0.39 is 35.8 Å². The molecule has 0 radical (unpaired) electrons. The highest BCUT2D eigenvalue weighted by Crippen LogP contribution is 2.43. The molecule has 5 nitrogen and oxygen atoms in total. The molecular formula is C21H23F5N3O2P. The minimum atomic E-state index is -4.67. The Morgan fingerprint density at radius 3 is 2.53 bits per heavy atom. The number of nitrogens with one attached hydrogen (secondary N) is 1. The normalized spacial score (nSPS) is 18.0. The van der Waals surface area contributed by atoms with E-state index in [-0.39, 0.29) is 28.3 Å². The molecule has 0 spiro atoms. The average molecular weight is 475 g/mol. The molecule has 3 heterocycles. The number of halogens is 5. The number of fused-ring (bicyclic) bond motifs is 1. The van der Waals surface area contributed by atoms with Gasteiger partial charge >= 0.3 is 12.3 Å². The van der Waals surface area contributed by atoms with E-state index in [0.717, 1.165) is 18.6 Å². The Balaban J connectivity index is 2.30. The zero-order valence-electron chi connectivity index (χ0n) is 17.5. The maximum Gasteiger partial charge on any atom is 0.416 e. The van der Waals surface area contributed by atoms with Gasteiger partial charge in [-0.15, -0.1) is 9.24 Å². The van der Waals surface area contributed by atoms with Crippen molar-refractivity contribution in [1.82, 2.24) is 9.97 Å². The zero-order chi connectivity index (χ0) is 23.7. The number of pyridine rings is 2. The molecule has 32 heavy (non-hydrogen) atoms. The molecule has 3 atom stereocenters. The first kappa shape index (κ1) is 24.3. The summed E-state index contributed by atoms with van der Waals surface area (Å²) < 4.78 is 73.5. The maximum absolute atomic E-state index is 13.8. The minimum Gasteiger partial charge on any atom is -0.435 e. The summed E-state index contributed by atoms with van der Waals surface area (Å²) in [5.41, 5.74) is -1.66. The first-order valence-corrected chi connectivity index (χ1v) is 10.9. The summed E-state index contributed by atoms with van der Waals surface area (Å²) in [6, 6.07) is 3.16. The van der Waals surface area contributed by atoms with Crippen molar-refractivity contribution in [3.63, 3.8) is 0 Å². The van der Waals surface area contributed by atoms with E-state index in [1.54, 1.807) is 0 Å². The van der Waals surface area contributed by atoms with Crippen LogP contribution in [0.1, 0.15) is 56.0 Å². The second kappa shape index (κ2) is 9.25. The van der Waals surface area contributed by atoms with Crippen LogP contribution in [0.2, 0.25) is 0 Å². The van der Waals surface area contributed by atoms with Gasteiger partial charge < -0.3 is 4.74 Å². The fourth-order valence-corrected chi connectivity index (χ4v) is 4.68. The number of nitrogens with zero attached hydrogens (tertiary/aromatic N) is 2. The fourth-order valence-electron chi connectivity index (χ4n) is 3.98. The van der Waals surface area contributed by atoms with E-state index in [1.807, 2.05) is 13.8 Å².